The average molecular weight is 310 g/mol. The molecule has 4 nitrogen and oxygen atoms in total. The maximum absolute atomic E-state index is 11.7. The molecule has 0 amide bonds. The topological polar surface area (TPSA) is 49.4 Å². The third-order valence-corrected chi connectivity index (χ3v) is 5.97. The molecule has 21 heavy (non-hydrogen) atoms. The lowest BCUT2D eigenvalue weighted by Crippen LogP contribution is -2.45. The van der Waals surface area contributed by atoms with E-state index in [9.17, 15) is 8.42 Å². The van der Waals surface area contributed by atoms with E-state index in [1.807, 2.05) is 13.1 Å². The second-order valence-electron chi connectivity index (χ2n) is 6.24. The van der Waals surface area contributed by atoms with Gasteiger partial charge in [-0.2, -0.15) is 0 Å². The zero-order valence-electron chi connectivity index (χ0n) is 13.0. The number of hydrogen-bond donors (Lipinski definition) is 1. The van der Waals surface area contributed by atoms with Gasteiger partial charge in [-0.1, -0.05) is 37.3 Å². The molecule has 0 saturated carbocycles. The summed E-state index contributed by atoms with van der Waals surface area (Å²) in [5.41, 5.74) is 1.29. The van der Waals surface area contributed by atoms with Crippen LogP contribution in [0.25, 0.3) is 0 Å². The van der Waals surface area contributed by atoms with Crippen LogP contribution in [0, 0.1) is 0 Å². The van der Waals surface area contributed by atoms with Gasteiger partial charge in [0.1, 0.15) is 0 Å². The number of nitrogens with zero attached hydrogens (tertiary/aromatic N) is 1. The predicted molar refractivity (Wildman–Crippen MR) is 87.4 cm³/mol. The van der Waals surface area contributed by atoms with E-state index in [0.717, 1.165) is 26.1 Å². The second kappa shape index (κ2) is 6.90. The molecule has 0 aliphatic carbocycles. The molecule has 118 valence electrons. The Hall–Kier alpha value is -0.910. The number of likely N-dealkylation sites (N-methyl/N-ethyl adjacent to an activating group) is 1. The summed E-state index contributed by atoms with van der Waals surface area (Å²) in [4.78, 5) is 2.30. The highest BCUT2D eigenvalue weighted by atomic mass is 32.2. The summed E-state index contributed by atoms with van der Waals surface area (Å²) in [6.45, 7) is 5.52. The van der Waals surface area contributed by atoms with E-state index in [1.165, 1.54) is 5.56 Å². The van der Waals surface area contributed by atoms with E-state index in [0.29, 0.717) is 12.3 Å². The maximum atomic E-state index is 11.7. The second-order valence-corrected chi connectivity index (χ2v) is 8.54. The first-order valence-electron chi connectivity index (χ1n) is 7.58. The Labute approximate surface area is 128 Å². The van der Waals surface area contributed by atoms with Crippen LogP contribution in [0.5, 0.6) is 0 Å². The highest BCUT2D eigenvalue weighted by Gasteiger charge is 2.30. The predicted octanol–water partition coefficient (Wildman–Crippen LogP) is 1.28. The summed E-state index contributed by atoms with van der Waals surface area (Å²) in [5.74, 6) is 0.620. The van der Waals surface area contributed by atoms with E-state index < -0.39 is 9.84 Å². The van der Waals surface area contributed by atoms with Crippen LogP contribution in [0.2, 0.25) is 0 Å². The molecule has 1 aromatic rings. The van der Waals surface area contributed by atoms with Crippen LogP contribution in [0.3, 0.4) is 0 Å². The van der Waals surface area contributed by atoms with Crippen molar-refractivity contribution in [3.63, 3.8) is 0 Å². The van der Waals surface area contributed by atoms with Crippen LogP contribution in [-0.2, 0) is 15.3 Å². The lowest BCUT2D eigenvalue weighted by Gasteiger charge is -2.35. The van der Waals surface area contributed by atoms with Gasteiger partial charge in [-0.05, 0) is 25.6 Å². The van der Waals surface area contributed by atoms with Crippen LogP contribution in [-0.4, -0.2) is 58.1 Å². The third-order valence-electron chi connectivity index (χ3n) is 4.26. The summed E-state index contributed by atoms with van der Waals surface area (Å²) in [7, 11) is -0.876. The number of hydrogen-bond acceptors (Lipinski definition) is 4. The molecule has 1 N–H and O–H groups in total. The quantitative estimate of drug-likeness (QED) is 0.890. The van der Waals surface area contributed by atoms with Crippen molar-refractivity contribution in [2.24, 2.45) is 0 Å². The van der Waals surface area contributed by atoms with Gasteiger partial charge in [-0.3, -0.25) is 0 Å². The molecule has 5 heteroatoms. The molecule has 2 rings (SSSR count). The summed E-state index contributed by atoms with van der Waals surface area (Å²) in [6.07, 6.45) is 0.743. The molecule has 1 fully saturated rings. The van der Waals surface area contributed by atoms with E-state index >= 15 is 0 Å². The smallest absolute Gasteiger partial charge is 0.151 e. The first kappa shape index (κ1) is 16.5. The van der Waals surface area contributed by atoms with Crippen molar-refractivity contribution < 1.29 is 8.42 Å². The van der Waals surface area contributed by atoms with Gasteiger partial charge in [0.05, 0.1) is 11.5 Å². The minimum atomic E-state index is -2.84. The lowest BCUT2D eigenvalue weighted by atomic mass is 9.81. The van der Waals surface area contributed by atoms with Gasteiger partial charge in [-0.15, -0.1) is 0 Å². The monoisotopic (exact) mass is 310 g/mol. The van der Waals surface area contributed by atoms with E-state index in [4.69, 9.17) is 0 Å². The molecule has 0 radical (unpaired) electrons. The van der Waals surface area contributed by atoms with Crippen LogP contribution >= 0.6 is 0 Å². The van der Waals surface area contributed by atoms with Crippen molar-refractivity contribution in [3.05, 3.63) is 35.9 Å². The molecule has 1 unspecified atom stereocenters. The fourth-order valence-corrected chi connectivity index (χ4v) is 4.43. The fourth-order valence-electron chi connectivity index (χ4n) is 3.12. The lowest BCUT2D eigenvalue weighted by molar-refractivity contribution is 0.226. The zero-order valence-corrected chi connectivity index (χ0v) is 13.8. The van der Waals surface area contributed by atoms with Crippen LogP contribution in [0.4, 0.5) is 0 Å². The van der Waals surface area contributed by atoms with Crippen LogP contribution in [0.1, 0.15) is 18.9 Å². The van der Waals surface area contributed by atoms with Gasteiger partial charge in [-0.25, -0.2) is 8.42 Å². The Morgan fingerprint density at radius 3 is 2.57 bits per heavy atom. The van der Waals surface area contributed by atoms with Crippen LogP contribution in [0.15, 0.2) is 30.3 Å². The van der Waals surface area contributed by atoms with E-state index in [1.54, 1.807) is 0 Å². The van der Waals surface area contributed by atoms with Gasteiger partial charge in [0.2, 0.25) is 0 Å². The maximum Gasteiger partial charge on any atom is 0.151 e. The van der Waals surface area contributed by atoms with Gasteiger partial charge in [0.25, 0.3) is 0 Å². The van der Waals surface area contributed by atoms with Gasteiger partial charge < -0.3 is 10.2 Å². The van der Waals surface area contributed by atoms with Crippen molar-refractivity contribution in [1.29, 1.82) is 0 Å². The molecule has 1 heterocycles. The number of sulfone groups is 1. The molecule has 0 bridgehead atoms. The Balaban J connectivity index is 2.13. The standard InChI is InChI=1S/C16H26N2O2S/c1-16(13-17-2,15-7-4-3-5-8-15)14-18-9-6-11-21(19,20)12-10-18/h3-5,7-8,17H,6,9-14H2,1-2H3. The van der Waals surface area contributed by atoms with E-state index in [2.05, 4.69) is 41.4 Å². The number of benzene rings is 1. The Morgan fingerprint density at radius 2 is 1.90 bits per heavy atom. The van der Waals surface area contributed by atoms with Gasteiger partial charge in [0.15, 0.2) is 9.84 Å². The SMILES string of the molecule is CNCC(C)(CN1CCCS(=O)(=O)CC1)c1ccccc1. The van der Waals surface area contributed by atoms with Crippen molar-refractivity contribution in [2.45, 2.75) is 18.8 Å². The normalized spacial score (nSPS) is 22.4. The molecule has 0 aromatic heterocycles. The highest BCUT2D eigenvalue weighted by Crippen LogP contribution is 2.25. The molecule has 1 saturated heterocycles. The average Bonchev–Trinajstić information content (AvgIpc) is 2.61. The summed E-state index contributed by atoms with van der Waals surface area (Å²) in [5, 5.41) is 3.28. The Kier molecular flexibility index (Phi) is 5.41. The Morgan fingerprint density at radius 1 is 1.19 bits per heavy atom. The van der Waals surface area contributed by atoms with Gasteiger partial charge >= 0.3 is 0 Å². The molecule has 1 aliphatic heterocycles. The minimum Gasteiger partial charge on any atom is -0.319 e. The molecule has 0 spiro atoms. The van der Waals surface area contributed by atoms with E-state index in [-0.39, 0.29) is 11.2 Å². The summed E-state index contributed by atoms with van der Waals surface area (Å²) in [6, 6.07) is 10.5. The fraction of sp³-hybridized carbons (Fsp3) is 0.625. The minimum absolute atomic E-state index is 0.00981. The first-order chi connectivity index (χ1) is 9.95. The summed E-state index contributed by atoms with van der Waals surface area (Å²) < 4.78 is 23.5. The summed E-state index contributed by atoms with van der Waals surface area (Å²) >= 11 is 0. The number of nitrogens with one attached hydrogen (secondary N) is 1. The molecular formula is C16H26N2O2S. The zero-order chi connectivity index (χ0) is 15.3. The Bertz CT molecular complexity index is 545. The van der Waals surface area contributed by atoms with Crippen molar-refractivity contribution in [1.82, 2.24) is 10.2 Å². The van der Waals surface area contributed by atoms with Crippen molar-refractivity contribution >= 4 is 9.84 Å². The molecule has 1 aromatic carbocycles. The molecular weight excluding hydrogens is 284 g/mol. The van der Waals surface area contributed by atoms with Gasteiger partial charge in [0, 0.05) is 25.0 Å². The van der Waals surface area contributed by atoms with Crippen molar-refractivity contribution in [2.75, 3.05) is 44.7 Å². The molecule has 1 aliphatic rings. The molecule has 1 atom stereocenters. The first-order valence-corrected chi connectivity index (χ1v) is 9.40. The van der Waals surface area contributed by atoms with Crippen molar-refractivity contribution in [3.8, 4) is 0 Å². The van der Waals surface area contributed by atoms with Crippen LogP contribution < -0.4 is 5.32 Å². The highest BCUT2D eigenvalue weighted by molar-refractivity contribution is 7.91. The third kappa shape index (κ3) is 4.53. The largest absolute Gasteiger partial charge is 0.319 e. The number of rotatable bonds is 5.